The number of aromatic nitrogens is 2. The highest BCUT2D eigenvalue weighted by molar-refractivity contribution is 6.01. The summed E-state index contributed by atoms with van der Waals surface area (Å²) in [6.07, 6.45) is -7.12. The van der Waals surface area contributed by atoms with Gasteiger partial charge in [-0.15, -0.1) is 6.58 Å². The molecule has 0 aliphatic carbocycles. The predicted octanol–water partition coefficient (Wildman–Crippen LogP) is 3.90. The highest BCUT2D eigenvalue weighted by Gasteiger charge is 2.71. The van der Waals surface area contributed by atoms with Gasteiger partial charge >= 0.3 is 11.9 Å². The van der Waals surface area contributed by atoms with Gasteiger partial charge in [-0.1, -0.05) is 44.0 Å². The molecule has 5 unspecified atom stereocenters. The van der Waals surface area contributed by atoms with Crippen molar-refractivity contribution in [2.75, 3.05) is 40.9 Å². The largest absolute Gasteiger partial charge is 0.458 e. The van der Waals surface area contributed by atoms with Gasteiger partial charge in [-0.3, -0.25) is 29.1 Å². The summed E-state index contributed by atoms with van der Waals surface area (Å²) in [5.41, 5.74) is -4.93. The Labute approximate surface area is 422 Å². The van der Waals surface area contributed by atoms with Crippen molar-refractivity contribution in [2.24, 2.45) is 23.2 Å². The lowest BCUT2D eigenvalue weighted by Gasteiger charge is -2.49. The van der Waals surface area contributed by atoms with E-state index in [2.05, 4.69) is 28.6 Å². The summed E-state index contributed by atoms with van der Waals surface area (Å²) >= 11 is 0. The zero-order valence-corrected chi connectivity index (χ0v) is 43.7. The minimum absolute atomic E-state index is 0.0769. The lowest BCUT2D eigenvalue weighted by Crippen LogP contribution is -2.63. The molecule has 19 nitrogen and oxygen atoms in total. The summed E-state index contributed by atoms with van der Waals surface area (Å²) in [7, 11) is 5.10. The van der Waals surface area contributed by atoms with E-state index >= 15 is 9.59 Å². The van der Waals surface area contributed by atoms with Crippen molar-refractivity contribution in [1.82, 2.24) is 19.9 Å². The number of rotatable bonds is 12. The first-order valence-corrected chi connectivity index (χ1v) is 25.0. The Bertz CT molecular complexity index is 2360. The Hall–Kier alpha value is -4.46. The number of carbonyl (C=O) groups excluding carboxylic acids is 4. The highest BCUT2D eigenvalue weighted by atomic mass is 16.7. The van der Waals surface area contributed by atoms with Gasteiger partial charge in [0.05, 0.1) is 23.4 Å². The van der Waals surface area contributed by atoms with Crippen LogP contribution in [0, 0.1) is 35.0 Å². The molecule has 5 fully saturated rings. The zero-order valence-electron chi connectivity index (χ0n) is 43.7. The number of methoxy groups -OCH3 is 1. The Balaban J connectivity index is 1.40. The van der Waals surface area contributed by atoms with Crippen molar-refractivity contribution < 1.29 is 71.8 Å². The van der Waals surface area contributed by atoms with Gasteiger partial charge in [-0.25, -0.2) is 0 Å². The van der Waals surface area contributed by atoms with Gasteiger partial charge in [0, 0.05) is 62.2 Å². The average Bonchev–Trinajstić information content (AvgIpc) is 4.03. The van der Waals surface area contributed by atoms with E-state index in [1.165, 1.54) is 14.0 Å². The van der Waals surface area contributed by atoms with Crippen LogP contribution in [0.5, 0.6) is 0 Å². The SMILES string of the molecule is C=CCN1CC2(C)C(=O)[C@H](C)C[C@](C)(OCC#Cc3cc(-c4ccccn4)on3)[C@H](O[C@@H]3O[C@H](C)C[C@H](N(C)C)[C@H]3O)[C@@H](O[C@H]3CC(C)(OC)C(O)[C@H](C)O3)C(=O)[C@@H](C)C(=O)O[C@H](CC)[C@@]3(C)OC(=O)C1C23. The highest BCUT2D eigenvalue weighted by Crippen LogP contribution is 2.56. The fraction of sp³-hybridized carbons (Fsp3) is 0.698. The molecule has 0 bridgehead atoms. The molecular weight excluding hydrogens is 933 g/mol. The average molecular weight is 1010 g/mol. The third-order valence-corrected chi connectivity index (χ3v) is 15.8. The second kappa shape index (κ2) is 21.8. The number of esters is 2. The number of hydrogen-bond donors (Lipinski definition) is 2. The number of pyridine rings is 1. The zero-order chi connectivity index (χ0) is 52.7. The first kappa shape index (κ1) is 55.3. The molecule has 7 rings (SSSR count). The number of likely N-dealkylation sites (tertiary alicyclic amines) is 1. The lowest BCUT2D eigenvalue weighted by molar-refractivity contribution is -0.328. The minimum Gasteiger partial charge on any atom is -0.458 e. The molecule has 5 aliphatic heterocycles. The summed E-state index contributed by atoms with van der Waals surface area (Å²) < 4.78 is 57.2. The standard InChI is InChI=1S/C53H74N4O15/c1-14-22-57-28-50(7)43-39(57)48(63)71-53(43,10)37(15-2)68-47(62)31(5)40(58)42(69-38-27-51(8,64-13)45(61)32(6)67-38)46(70-49-41(59)35(56(11)12)24-30(4)66-49)52(9,26-29(3)44(50)60)65-23-18-19-33-25-36(72-55-33)34-20-16-17-21-54-34/h14,16-17,20-21,25,29-32,35,37-39,41-43,45-46,49,59,61H,1,15,22-24,26-28H2,2-13H3/t29-,30-,31-,32+,35+,37-,38+,39?,41-,42+,43?,45?,46-,49+,50?,51?,52+,53-/m1/s1. The number of carbonyl (C=O) groups is 4. The minimum atomic E-state index is -1.78. The van der Waals surface area contributed by atoms with Crippen molar-refractivity contribution in [3.05, 3.63) is 48.8 Å². The number of aliphatic hydroxyl groups excluding tert-OH is 2. The molecule has 7 heterocycles. The Morgan fingerprint density at radius 3 is 2.39 bits per heavy atom. The predicted molar refractivity (Wildman–Crippen MR) is 258 cm³/mol. The molecule has 72 heavy (non-hydrogen) atoms. The third-order valence-electron chi connectivity index (χ3n) is 15.8. The number of aliphatic hydroxyl groups is 2. The van der Waals surface area contributed by atoms with E-state index in [4.69, 9.17) is 42.4 Å². The van der Waals surface area contributed by atoms with E-state index in [1.807, 2.05) is 43.8 Å². The summed E-state index contributed by atoms with van der Waals surface area (Å²) in [4.78, 5) is 68.2. The van der Waals surface area contributed by atoms with Gasteiger partial charge < -0.3 is 57.5 Å². The third kappa shape index (κ3) is 10.6. The molecule has 0 spiro atoms. The van der Waals surface area contributed by atoms with E-state index in [0.29, 0.717) is 17.9 Å². The van der Waals surface area contributed by atoms with Crippen LogP contribution in [0.1, 0.15) is 93.7 Å². The molecule has 0 aromatic carbocycles. The Morgan fingerprint density at radius 2 is 1.74 bits per heavy atom. The number of likely N-dealkylation sites (N-methyl/N-ethyl adjacent to an activating group) is 1. The fourth-order valence-electron chi connectivity index (χ4n) is 12.0. The molecule has 0 amide bonds. The van der Waals surface area contributed by atoms with Crippen LogP contribution < -0.4 is 0 Å². The van der Waals surface area contributed by atoms with Gasteiger partial charge in [0.2, 0.25) is 0 Å². The van der Waals surface area contributed by atoms with Gasteiger partial charge in [-0.2, -0.15) is 0 Å². The molecule has 19 heteroatoms. The van der Waals surface area contributed by atoms with Crippen LogP contribution in [0.4, 0.5) is 0 Å². The van der Waals surface area contributed by atoms with Crippen molar-refractivity contribution in [3.8, 4) is 23.3 Å². The second-order valence-corrected chi connectivity index (χ2v) is 21.4. The van der Waals surface area contributed by atoms with Crippen molar-refractivity contribution in [1.29, 1.82) is 0 Å². The number of Topliss-reactive ketones (excluding diaryl/α,β-unsaturated/α-hetero) is 2. The van der Waals surface area contributed by atoms with Gasteiger partial charge in [-0.05, 0) is 93.0 Å². The van der Waals surface area contributed by atoms with Crippen molar-refractivity contribution in [2.45, 2.75) is 172 Å². The number of hydrogen-bond acceptors (Lipinski definition) is 19. The molecule has 0 saturated carbocycles. The van der Waals surface area contributed by atoms with Gasteiger partial charge in [0.15, 0.2) is 35.4 Å². The molecule has 2 aromatic rings. The van der Waals surface area contributed by atoms with Gasteiger partial charge in [0.1, 0.15) is 60.6 Å². The van der Waals surface area contributed by atoms with Crippen LogP contribution in [-0.2, 0) is 57.1 Å². The van der Waals surface area contributed by atoms with Crippen LogP contribution in [-0.4, -0.2) is 179 Å². The number of ketones is 2. The second-order valence-electron chi connectivity index (χ2n) is 21.4. The van der Waals surface area contributed by atoms with Crippen LogP contribution in [0.15, 0.2) is 47.6 Å². The summed E-state index contributed by atoms with van der Waals surface area (Å²) in [5.74, 6) is 0.530. The van der Waals surface area contributed by atoms with Gasteiger partial charge in [0.25, 0.3) is 0 Å². The maximum absolute atomic E-state index is 15.7. The van der Waals surface area contributed by atoms with E-state index < -0.39 is 125 Å². The fourth-order valence-corrected chi connectivity index (χ4v) is 12.0. The molecular formula is C53H74N4O15. The Kier molecular flexibility index (Phi) is 16.7. The molecule has 5 aliphatic rings. The molecule has 0 radical (unpaired) electrons. The number of ether oxygens (including phenoxy) is 8. The smallest absolute Gasteiger partial charge is 0.324 e. The summed E-state index contributed by atoms with van der Waals surface area (Å²) in [6.45, 7) is 19.3. The Morgan fingerprint density at radius 1 is 1.00 bits per heavy atom. The van der Waals surface area contributed by atoms with E-state index in [9.17, 15) is 19.8 Å². The van der Waals surface area contributed by atoms with Crippen LogP contribution >= 0.6 is 0 Å². The summed E-state index contributed by atoms with van der Waals surface area (Å²) in [5, 5.41) is 27.4. The van der Waals surface area contributed by atoms with Crippen molar-refractivity contribution >= 4 is 23.5 Å². The lowest BCUT2D eigenvalue weighted by atomic mass is 9.62. The summed E-state index contributed by atoms with van der Waals surface area (Å²) in [6, 6.07) is 5.66. The maximum Gasteiger partial charge on any atom is 0.324 e. The van der Waals surface area contributed by atoms with E-state index in [0.717, 1.165) is 0 Å². The molecule has 396 valence electrons. The molecule has 18 atom stereocenters. The molecule has 5 saturated heterocycles. The normalized spacial score (nSPS) is 41.0. The quantitative estimate of drug-likeness (QED) is 0.133. The number of nitrogens with zero attached hydrogens (tertiary/aromatic N) is 4. The molecule has 2 aromatic heterocycles. The number of cyclic esters (lactones) is 1. The topological polar surface area (TPSA) is 228 Å². The maximum atomic E-state index is 15.7. The van der Waals surface area contributed by atoms with Crippen LogP contribution in [0.2, 0.25) is 0 Å². The monoisotopic (exact) mass is 1010 g/mol. The van der Waals surface area contributed by atoms with E-state index in [1.54, 1.807) is 72.0 Å². The van der Waals surface area contributed by atoms with Crippen LogP contribution in [0.25, 0.3) is 11.5 Å². The van der Waals surface area contributed by atoms with Crippen LogP contribution in [0.3, 0.4) is 0 Å². The first-order chi connectivity index (χ1) is 33.9. The van der Waals surface area contributed by atoms with E-state index in [-0.39, 0.29) is 50.4 Å². The first-order valence-electron chi connectivity index (χ1n) is 25.0. The molecule has 2 N–H and O–H groups in total. The van der Waals surface area contributed by atoms with Crippen molar-refractivity contribution in [3.63, 3.8) is 0 Å².